The van der Waals surface area contributed by atoms with Crippen LogP contribution in [-0.4, -0.2) is 41.5 Å². The average Bonchev–Trinajstić information content (AvgIpc) is 2.89. The van der Waals surface area contributed by atoms with E-state index in [1.165, 1.54) is 6.42 Å². The van der Waals surface area contributed by atoms with Gasteiger partial charge in [-0.3, -0.25) is 4.79 Å². The fraction of sp³-hybridized carbons (Fsp3) is 0.625. The third kappa shape index (κ3) is 4.04. The second kappa shape index (κ2) is 6.84. The molecule has 4 heteroatoms. The Morgan fingerprint density at radius 3 is 2.90 bits per heavy atom. The second-order valence-corrected chi connectivity index (χ2v) is 6.06. The molecule has 0 bridgehead atoms. The topological polar surface area (TPSA) is 45.2 Å². The van der Waals surface area contributed by atoms with Gasteiger partial charge >= 0.3 is 0 Å². The molecule has 20 heavy (non-hydrogen) atoms. The summed E-state index contributed by atoms with van der Waals surface area (Å²) in [7, 11) is 0. The van der Waals surface area contributed by atoms with Gasteiger partial charge in [-0.15, -0.1) is 0 Å². The molecule has 110 valence electrons. The molecule has 0 radical (unpaired) electrons. The van der Waals surface area contributed by atoms with Crippen LogP contribution in [0.5, 0.6) is 0 Å². The summed E-state index contributed by atoms with van der Waals surface area (Å²) >= 11 is 0. The highest BCUT2D eigenvalue weighted by atomic mass is 16.2. The number of aromatic nitrogens is 1. The average molecular weight is 275 g/mol. The van der Waals surface area contributed by atoms with Crippen LogP contribution in [0.1, 0.15) is 42.9 Å². The number of aryl methyl sites for hydroxylation is 1. The van der Waals surface area contributed by atoms with Crippen molar-refractivity contribution in [3.63, 3.8) is 0 Å². The maximum Gasteiger partial charge on any atom is 0.272 e. The van der Waals surface area contributed by atoms with Crippen LogP contribution in [0.15, 0.2) is 18.2 Å². The van der Waals surface area contributed by atoms with Crippen molar-refractivity contribution in [2.75, 3.05) is 19.6 Å². The molecule has 1 N–H and O–H groups in total. The Morgan fingerprint density at radius 1 is 1.50 bits per heavy atom. The number of hydrogen-bond donors (Lipinski definition) is 1. The molecule has 0 spiro atoms. The summed E-state index contributed by atoms with van der Waals surface area (Å²) in [5.74, 6) is 0.515. The van der Waals surface area contributed by atoms with Gasteiger partial charge in [0.05, 0.1) is 0 Å². The summed E-state index contributed by atoms with van der Waals surface area (Å²) in [5, 5.41) is 3.46. The first-order valence-corrected chi connectivity index (χ1v) is 7.52. The van der Waals surface area contributed by atoms with E-state index in [1.54, 1.807) is 0 Å². The third-order valence-electron chi connectivity index (χ3n) is 3.58. The van der Waals surface area contributed by atoms with Gasteiger partial charge in [0.25, 0.3) is 5.91 Å². The highest BCUT2D eigenvalue weighted by Crippen LogP contribution is 2.12. The lowest BCUT2D eigenvalue weighted by Crippen LogP contribution is -2.43. The first-order valence-electron chi connectivity index (χ1n) is 7.52. The van der Waals surface area contributed by atoms with Gasteiger partial charge in [-0.1, -0.05) is 19.9 Å². The van der Waals surface area contributed by atoms with Crippen LogP contribution in [0.2, 0.25) is 0 Å². The summed E-state index contributed by atoms with van der Waals surface area (Å²) in [6, 6.07) is 6.06. The lowest BCUT2D eigenvalue weighted by molar-refractivity contribution is 0.0715. The molecule has 1 unspecified atom stereocenters. The predicted octanol–water partition coefficient (Wildman–Crippen LogP) is 2.24. The van der Waals surface area contributed by atoms with Crippen molar-refractivity contribution in [1.82, 2.24) is 15.2 Å². The standard InChI is InChI=1S/C16H25N3O/c1-12(2)10-19(11-14-7-5-9-17-14)16(20)15-8-4-6-13(3)18-15/h4,6,8,12,14,17H,5,7,9-11H2,1-3H3. The molecule has 1 amide bonds. The normalized spacial score (nSPS) is 18.5. The van der Waals surface area contributed by atoms with Gasteiger partial charge in [0.1, 0.15) is 5.69 Å². The van der Waals surface area contributed by atoms with E-state index in [0.717, 1.165) is 31.7 Å². The van der Waals surface area contributed by atoms with Crippen molar-refractivity contribution in [2.45, 2.75) is 39.7 Å². The van der Waals surface area contributed by atoms with Gasteiger partial charge in [0, 0.05) is 24.8 Å². The van der Waals surface area contributed by atoms with E-state index in [9.17, 15) is 4.79 Å². The first kappa shape index (κ1) is 15.0. The zero-order chi connectivity index (χ0) is 14.5. The molecule has 1 saturated heterocycles. The Labute approximate surface area is 121 Å². The predicted molar refractivity (Wildman–Crippen MR) is 80.7 cm³/mol. The number of amides is 1. The number of nitrogens with one attached hydrogen (secondary N) is 1. The van der Waals surface area contributed by atoms with E-state index < -0.39 is 0 Å². The molecule has 0 aromatic carbocycles. The monoisotopic (exact) mass is 275 g/mol. The minimum atomic E-state index is 0.0519. The van der Waals surface area contributed by atoms with Crippen LogP contribution in [0, 0.1) is 12.8 Å². The largest absolute Gasteiger partial charge is 0.335 e. The molecule has 2 rings (SSSR count). The van der Waals surface area contributed by atoms with Gasteiger partial charge in [-0.2, -0.15) is 0 Å². The molecule has 1 fully saturated rings. The van der Waals surface area contributed by atoms with E-state index in [1.807, 2.05) is 30.0 Å². The van der Waals surface area contributed by atoms with Crippen molar-refractivity contribution in [3.05, 3.63) is 29.6 Å². The minimum absolute atomic E-state index is 0.0519. The number of nitrogens with zero attached hydrogens (tertiary/aromatic N) is 2. The Morgan fingerprint density at radius 2 is 2.30 bits per heavy atom. The number of rotatable bonds is 5. The fourth-order valence-corrected chi connectivity index (χ4v) is 2.68. The molecule has 4 nitrogen and oxygen atoms in total. The molecule has 1 aromatic heterocycles. The van der Waals surface area contributed by atoms with Crippen molar-refractivity contribution in [1.29, 1.82) is 0 Å². The summed E-state index contributed by atoms with van der Waals surface area (Å²) < 4.78 is 0. The van der Waals surface area contributed by atoms with E-state index in [-0.39, 0.29) is 5.91 Å². The molecular formula is C16H25N3O. The summed E-state index contributed by atoms with van der Waals surface area (Å²) in [6.45, 7) is 8.84. The van der Waals surface area contributed by atoms with Crippen LogP contribution >= 0.6 is 0 Å². The maximum atomic E-state index is 12.7. The van der Waals surface area contributed by atoms with E-state index in [2.05, 4.69) is 24.1 Å². The maximum absolute atomic E-state index is 12.7. The Bertz CT molecular complexity index is 453. The lowest BCUT2D eigenvalue weighted by Gasteiger charge is -2.27. The Kier molecular flexibility index (Phi) is 5.12. The quantitative estimate of drug-likeness (QED) is 0.896. The lowest BCUT2D eigenvalue weighted by atomic mass is 10.1. The molecular weight excluding hydrogens is 250 g/mol. The van der Waals surface area contributed by atoms with Crippen LogP contribution in [0.4, 0.5) is 0 Å². The van der Waals surface area contributed by atoms with Crippen LogP contribution < -0.4 is 5.32 Å². The first-order chi connectivity index (χ1) is 9.56. The van der Waals surface area contributed by atoms with Gasteiger partial charge in [0.15, 0.2) is 0 Å². The number of hydrogen-bond acceptors (Lipinski definition) is 3. The van der Waals surface area contributed by atoms with E-state index in [0.29, 0.717) is 17.7 Å². The molecule has 1 aliphatic heterocycles. The molecule has 1 aromatic rings. The molecule has 0 aliphatic carbocycles. The molecule has 2 heterocycles. The molecule has 1 atom stereocenters. The summed E-state index contributed by atoms with van der Waals surface area (Å²) in [5.41, 5.74) is 1.45. The van der Waals surface area contributed by atoms with Crippen molar-refractivity contribution < 1.29 is 4.79 Å². The van der Waals surface area contributed by atoms with Crippen molar-refractivity contribution >= 4 is 5.91 Å². The zero-order valence-corrected chi connectivity index (χ0v) is 12.7. The smallest absolute Gasteiger partial charge is 0.272 e. The number of pyridine rings is 1. The summed E-state index contributed by atoms with van der Waals surface area (Å²) in [4.78, 5) is 19.0. The van der Waals surface area contributed by atoms with E-state index in [4.69, 9.17) is 0 Å². The molecule has 0 saturated carbocycles. The fourth-order valence-electron chi connectivity index (χ4n) is 2.68. The van der Waals surface area contributed by atoms with Gasteiger partial charge in [-0.05, 0) is 44.4 Å². The third-order valence-corrected chi connectivity index (χ3v) is 3.58. The summed E-state index contributed by atoms with van der Waals surface area (Å²) in [6.07, 6.45) is 2.36. The van der Waals surface area contributed by atoms with Gasteiger partial charge < -0.3 is 10.2 Å². The van der Waals surface area contributed by atoms with Crippen molar-refractivity contribution in [2.24, 2.45) is 5.92 Å². The minimum Gasteiger partial charge on any atom is -0.335 e. The Balaban J connectivity index is 2.10. The number of carbonyl (C=O) groups is 1. The Hall–Kier alpha value is -1.42. The van der Waals surface area contributed by atoms with Gasteiger partial charge in [0.2, 0.25) is 0 Å². The second-order valence-electron chi connectivity index (χ2n) is 6.06. The highest BCUT2D eigenvalue weighted by Gasteiger charge is 2.23. The number of carbonyl (C=O) groups excluding carboxylic acids is 1. The zero-order valence-electron chi connectivity index (χ0n) is 12.7. The van der Waals surface area contributed by atoms with Crippen LogP contribution in [0.3, 0.4) is 0 Å². The van der Waals surface area contributed by atoms with Crippen LogP contribution in [0.25, 0.3) is 0 Å². The molecule has 1 aliphatic rings. The highest BCUT2D eigenvalue weighted by molar-refractivity contribution is 5.92. The van der Waals surface area contributed by atoms with Gasteiger partial charge in [-0.25, -0.2) is 4.98 Å². The van der Waals surface area contributed by atoms with Crippen molar-refractivity contribution in [3.8, 4) is 0 Å². The van der Waals surface area contributed by atoms with Crippen LogP contribution in [-0.2, 0) is 0 Å². The SMILES string of the molecule is Cc1cccc(C(=O)N(CC(C)C)CC2CCCN2)n1. The van der Waals surface area contributed by atoms with E-state index >= 15 is 0 Å².